The van der Waals surface area contributed by atoms with Gasteiger partial charge >= 0.3 is 0 Å². The van der Waals surface area contributed by atoms with Gasteiger partial charge in [0.25, 0.3) is 0 Å². The molecule has 3 heteroatoms. The maximum atomic E-state index is 4.20. The molecule has 2 aromatic rings. The Hall–Kier alpha value is -0.830. The van der Waals surface area contributed by atoms with Crippen molar-refractivity contribution < 1.29 is 0 Å². The SMILES string of the molecule is Cc1ccc(Br)c2nccn12. The van der Waals surface area contributed by atoms with E-state index < -0.39 is 0 Å². The third-order valence-electron chi connectivity index (χ3n) is 1.71. The van der Waals surface area contributed by atoms with Gasteiger partial charge < -0.3 is 4.40 Å². The Balaban J connectivity index is 2.96. The molecule has 56 valence electrons. The summed E-state index contributed by atoms with van der Waals surface area (Å²) in [5, 5.41) is 0. The Morgan fingerprint density at radius 2 is 2.27 bits per heavy atom. The second-order valence-corrected chi connectivity index (χ2v) is 3.30. The lowest BCUT2D eigenvalue weighted by Gasteiger charge is -1.99. The molecule has 0 N–H and O–H groups in total. The fraction of sp³-hybridized carbons (Fsp3) is 0.125. The topological polar surface area (TPSA) is 17.3 Å². The van der Waals surface area contributed by atoms with Gasteiger partial charge in [-0.1, -0.05) is 0 Å². The molecule has 2 rings (SSSR count). The number of imidazole rings is 1. The van der Waals surface area contributed by atoms with Gasteiger partial charge in [-0.2, -0.15) is 0 Å². The standard InChI is InChI=1S/C8H7BrN2/c1-6-2-3-7(9)8-10-4-5-11(6)8/h2-5H,1H3. The summed E-state index contributed by atoms with van der Waals surface area (Å²) in [7, 11) is 0. The van der Waals surface area contributed by atoms with Gasteiger partial charge in [-0.05, 0) is 35.0 Å². The van der Waals surface area contributed by atoms with Crippen LogP contribution in [0.3, 0.4) is 0 Å². The number of fused-ring (bicyclic) bond motifs is 1. The second kappa shape index (κ2) is 2.34. The molecule has 0 aromatic carbocycles. The Kier molecular flexibility index (Phi) is 1.46. The lowest BCUT2D eigenvalue weighted by atomic mass is 10.4. The minimum atomic E-state index is 0.977. The molecule has 0 spiro atoms. The van der Waals surface area contributed by atoms with Crippen molar-refractivity contribution in [3.8, 4) is 0 Å². The Morgan fingerprint density at radius 1 is 1.45 bits per heavy atom. The van der Waals surface area contributed by atoms with E-state index >= 15 is 0 Å². The number of nitrogens with zero attached hydrogens (tertiary/aromatic N) is 2. The third-order valence-corrected chi connectivity index (χ3v) is 2.32. The highest BCUT2D eigenvalue weighted by molar-refractivity contribution is 9.10. The summed E-state index contributed by atoms with van der Waals surface area (Å²) in [5.74, 6) is 0. The summed E-state index contributed by atoms with van der Waals surface area (Å²) >= 11 is 3.43. The average molecular weight is 211 g/mol. The van der Waals surface area contributed by atoms with Crippen LogP contribution in [0.5, 0.6) is 0 Å². The second-order valence-electron chi connectivity index (χ2n) is 2.44. The van der Waals surface area contributed by atoms with Gasteiger partial charge in [0.1, 0.15) is 0 Å². The number of hydrogen-bond donors (Lipinski definition) is 0. The number of hydrogen-bond acceptors (Lipinski definition) is 1. The van der Waals surface area contributed by atoms with E-state index in [4.69, 9.17) is 0 Å². The maximum absolute atomic E-state index is 4.20. The molecule has 0 fully saturated rings. The lowest BCUT2D eigenvalue weighted by Crippen LogP contribution is -1.88. The molecule has 0 unspecified atom stereocenters. The Morgan fingerprint density at radius 3 is 3.00 bits per heavy atom. The van der Waals surface area contributed by atoms with Crippen LogP contribution in [0, 0.1) is 6.92 Å². The molecule has 11 heavy (non-hydrogen) atoms. The molecule has 0 aliphatic carbocycles. The molecule has 0 aliphatic rings. The van der Waals surface area contributed by atoms with Crippen molar-refractivity contribution in [3.05, 3.63) is 34.7 Å². The Bertz CT molecular complexity index is 356. The average Bonchev–Trinajstić information content (AvgIpc) is 2.45. The van der Waals surface area contributed by atoms with Crippen molar-refractivity contribution in [1.29, 1.82) is 0 Å². The van der Waals surface area contributed by atoms with E-state index in [0.29, 0.717) is 0 Å². The van der Waals surface area contributed by atoms with Gasteiger partial charge in [-0.25, -0.2) is 4.98 Å². The fourth-order valence-corrected chi connectivity index (χ4v) is 1.54. The van der Waals surface area contributed by atoms with Crippen molar-refractivity contribution in [3.63, 3.8) is 0 Å². The van der Waals surface area contributed by atoms with Crippen molar-refractivity contribution in [2.75, 3.05) is 0 Å². The highest BCUT2D eigenvalue weighted by atomic mass is 79.9. The quantitative estimate of drug-likeness (QED) is 0.653. The summed E-state index contributed by atoms with van der Waals surface area (Å²) in [5.41, 5.74) is 2.17. The van der Waals surface area contributed by atoms with E-state index in [0.717, 1.165) is 10.1 Å². The van der Waals surface area contributed by atoms with Crippen molar-refractivity contribution in [2.45, 2.75) is 6.92 Å². The normalized spacial score (nSPS) is 10.7. The van der Waals surface area contributed by atoms with E-state index in [2.05, 4.69) is 33.9 Å². The molecule has 0 atom stereocenters. The molecule has 0 radical (unpaired) electrons. The van der Waals surface area contributed by atoms with Gasteiger partial charge in [-0.15, -0.1) is 0 Å². The van der Waals surface area contributed by atoms with Crippen LogP contribution in [0.1, 0.15) is 5.69 Å². The lowest BCUT2D eigenvalue weighted by molar-refractivity contribution is 1.09. The maximum Gasteiger partial charge on any atom is 0.151 e. The van der Waals surface area contributed by atoms with E-state index in [1.54, 1.807) is 6.20 Å². The number of aromatic nitrogens is 2. The monoisotopic (exact) mass is 210 g/mol. The molecule has 2 nitrogen and oxygen atoms in total. The van der Waals surface area contributed by atoms with E-state index in [1.165, 1.54) is 5.69 Å². The van der Waals surface area contributed by atoms with Crippen molar-refractivity contribution in [1.82, 2.24) is 9.38 Å². The molecular weight excluding hydrogens is 204 g/mol. The predicted molar refractivity (Wildman–Crippen MR) is 47.6 cm³/mol. The van der Waals surface area contributed by atoms with Crippen LogP contribution in [0.15, 0.2) is 29.0 Å². The fourth-order valence-electron chi connectivity index (χ4n) is 1.11. The largest absolute Gasteiger partial charge is 0.303 e. The summed E-state index contributed by atoms with van der Waals surface area (Å²) in [6.45, 7) is 2.06. The van der Waals surface area contributed by atoms with Gasteiger partial charge in [-0.3, -0.25) is 0 Å². The zero-order chi connectivity index (χ0) is 7.84. The van der Waals surface area contributed by atoms with Gasteiger partial charge in [0.2, 0.25) is 0 Å². The van der Waals surface area contributed by atoms with Crippen LogP contribution in [0.2, 0.25) is 0 Å². The molecule has 0 amide bonds. The van der Waals surface area contributed by atoms with E-state index in [-0.39, 0.29) is 0 Å². The highest BCUT2D eigenvalue weighted by Crippen LogP contribution is 2.17. The number of pyridine rings is 1. The predicted octanol–water partition coefficient (Wildman–Crippen LogP) is 2.41. The van der Waals surface area contributed by atoms with Crippen LogP contribution in [0.4, 0.5) is 0 Å². The summed E-state index contributed by atoms with van der Waals surface area (Å²) in [4.78, 5) is 4.20. The molecule has 0 bridgehead atoms. The molecule has 2 aromatic heterocycles. The molecule has 0 aliphatic heterocycles. The molecule has 0 saturated heterocycles. The minimum Gasteiger partial charge on any atom is -0.303 e. The van der Waals surface area contributed by atoms with E-state index in [9.17, 15) is 0 Å². The summed E-state index contributed by atoms with van der Waals surface area (Å²) < 4.78 is 3.08. The zero-order valence-electron chi connectivity index (χ0n) is 6.08. The van der Waals surface area contributed by atoms with Crippen LogP contribution in [0.25, 0.3) is 5.65 Å². The first-order valence-corrected chi connectivity index (χ1v) is 4.16. The minimum absolute atomic E-state index is 0.977. The first kappa shape index (κ1) is 6.85. The number of halogens is 1. The molecular formula is C8H7BrN2. The zero-order valence-corrected chi connectivity index (χ0v) is 7.67. The summed E-state index contributed by atoms with van der Waals surface area (Å²) in [6, 6.07) is 4.07. The molecule has 0 saturated carbocycles. The van der Waals surface area contributed by atoms with E-state index in [1.807, 2.05) is 16.7 Å². The smallest absolute Gasteiger partial charge is 0.151 e. The highest BCUT2D eigenvalue weighted by Gasteiger charge is 1.99. The Labute approximate surface area is 73.0 Å². The summed E-state index contributed by atoms with van der Waals surface area (Å²) in [6.07, 6.45) is 3.75. The van der Waals surface area contributed by atoms with Crippen LogP contribution in [-0.2, 0) is 0 Å². The van der Waals surface area contributed by atoms with Gasteiger partial charge in [0.15, 0.2) is 5.65 Å². The number of rotatable bonds is 0. The van der Waals surface area contributed by atoms with Crippen LogP contribution < -0.4 is 0 Å². The molecule has 2 heterocycles. The van der Waals surface area contributed by atoms with Gasteiger partial charge in [0.05, 0.1) is 4.47 Å². The van der Waals surface area contributed by atoms with Crippen molar-refractivity contribution >= 4 is 21.6 Å². The van der Waals surface area contributed by atoms with Crippen LogP contribution >= 0.6 is 15.9 Å². The first-order valence-electron chi connectivity index (χ1n) is 3.37. The number of aryl methyl sites for hydroxylation is 1. The third kappa shape index (κ3) is 0.959. The van der Waals surface area contributed by atoms with Gasteiger partial charge in [0, 0.05) is 18.1 Å². The first-order chi connectivity index (χ1) is 5.29. The van der Waals surface area contributed by atoms with Crippen LogP contribution in [-0.4, -0.2) is 9.38 Å². The van der Waals surface area contributed by atoms with Crippen molar-refractivity contribution in [2.24, 2.45) is 0 Å².